The lowest BCUT2D eigenvalue weighted by atomic mass is 10.2. The van der Waals surface area contributed by atoms with Gasteiger partial charge in [-0.25, -0.2) is 8.78 Å². The monoisotopic (exact) mass is 342 g/mol. The molecule has 0 atom stereocenters. The van der Waals surface area contributed by atoms with Crippen LogP contribution in [0.15, 0.2) is 16.6 Å². The van der Waals surface area contributed by atoms with Crippen molar-refractivity contribution in [2.24, 2.45) is 0 Å². The van der Waals surface area contributed by atoms with Crippen LogP contribution in [0.1, 0.15) is 19.4 Å². The van der Waals surface area contributed by atoms with E-state index in [-0.39, 0.29) is 29.4 Å². The Morgan fingerprint density at radius 1 is 1.22 bits per heavy atom. The molecule has 7 heteroatoms. The number of rotatable bonds is 6. The molecule has 18 heavy (non-hydrogen) atoms. The standard InChI is InChI=1S/C11H14BrF2O3P/c1-3-16-18(15,17-4-2)7-9-10(12)5-8(13)6-11(9)14/h5-6H,3-4,7H2,1-2H3. The molecule has 0 heterocycles. The molecule has 0 spiro atoms. The van der Waals surface area contributed by atoms with Gasteiger partial charge in [-0.05, 0) is 19.9 Å². The molecule has 102 valence electrons. The molecule has 0 aliphatic rings. The van der Waals surface area contributed by atoms with Gasteiger partial charge in [0.2, 0.25) is 0 Å². The van der Waals surface area contributed by atoms with Gasteiger partial charge < -0.3 is 9.05 Å². The quantitative estimate of drug-likeness (QED) is 0.714. The molecule has 0 aliphatic carbocycles. The third-order valence-electron chi connectivity index (χ3n) is 2.11. The first-order valence-corrected chi connectivity index (χ1v) is 7.95. The van der Waals surface area contributed by atoms with Crippen molar-refractivity contribution in [1.82, 2.24) is 0 Å². The smallest absolute Gasteiger partial charge is 0.309 e. The van der Waals surface area contributed by atoms with Crippen molar-refractivity contribution in [3.8, 4) is 0 Å². The average molecular weight is 343 g/mol. The molecule has 3 nitrogen and oxygen atoms in total. The van der Waals surface area contributed by atoms with Gasteiger partial charge >= 0.3 is 7.60 Å². The van der Waals surface area contributed by atoms with Gasteiger partial charge in [0.15, 0.2) is 0 Å². The molecule has 0 aliphatic heterocycles. The number of hydrogen-bond acceptors (Lipinski definition) is 3. The lowest BCUT2D eigenvalue weighted by Gasteiger charge is -2.18. The molecule has 0 saturated carbocycles. The van der Waals surface area contributed by atoms with Gasteiger partial charge in [0.05, 0.1) is 19.4 Å². The van der Waals surface area contributed by atoms with E-state index >= 15 is 0 Å². The highest BCUT2D eigenvalue weighted by Gasteiger charge is 2.27. The van der Waals surface area contributed by atoms with Crippen molar-refractivity contribution in [3.05, 3.63) is 33.8 Å². The summed E-state index contributed by atoms with van der Waals surface area (Å²) in [6, 6.07) is 1.85. The van der Waals surface area contributed by atoms with Crippen molar-refractivity contribution in [3.63, 3.8) is 0 Å². The fraction of sp³-hybridized carbons (Fsp3) is 0.455. The topological polar surface area (TPSA) is 35.5 Å². The maximum atomic E-state index is 13.6. The second-order valence-corrected chi connectivity index (χ2v) is 6.36. The van der Waals surface area contributed by atoms with Gasteiger partial charge in [-0.15, -0.1) is 0 Å². The molecule has 0 unspecified atom stereocenters. The maximum absolute atomic E-state index is 13.6. The molecule has 1 aromatic rings. The van der Waals surface area contributed by atoms with Crippen LogP contribution in [0.3, 0.4) is 0 Å². The van der Waals surface area contributed by atoms with Crippen LogP contribution in [0.25, 0.3) is 0 Å². The first-order valence-electron chi connectivity index (χ1n) is 5.43. The molecular formula is C11H14BrF2O3P. The van der Waals surface area contributed by atoms with Gasteiger partial charge in [-0.1, -0.05) is 15.9 Å². The normalized spacial score (nSPS) is 11.8. The third-order valence-corrected chi connectivity index (χ3v) is 4.82. The van der Waals surface area contributed by atoms with E-state index < -0.39 is 19.2 Å². The summed E-state index contributed by atoms with van der Waals surface area (Å²) in [5.41, 5.74) is 0.0848. The van der Waals surface area contributed by atoms with Crippen LogP contribution < -0.4 is 0 Å². The van der Waals surface area contributed by atoms with Gasteiger partial charge in [0, 0.05) is 16.1 Å². The van der Waals surface area contributed by atoms with Crippen molar-refractivity contribution in [2.45, 2.75) is 20.0 Å². The Kier molecular flexibility index (Phi) is 5.92. The first kappa shape index (κ1) is 15.8. The molecule has 1 rings (SSSR count). The van der Waals surface area contributed by atoms with Crippen LogP contribution in [0, 0.1) is 11.6 Å². The zero-order valence-corrected chi connectivity index (χ0v) is 12.6. The van der Waals surface area contributed by atoms with Crippen LogP contribution in [0.4, 0.5) is 8.78 Å². The van der Waals surface area contributed by atoms with E-state index in [2.05, 4.69) is 15.9 Å². The second kappa shape index (κ2) is 6.75. The van der Waals surface area contributed by atoms with E-state index in [9.17, 15) is 13.3 Å². The summed E-state index contributed by atoms with van der Waals surface area (Å²) >= 11 is 3.04. The molecular weight excluding hydrogens is 329 g/mol. The lowest BCUT2D eigenvalue weighted by molar-refractivity contribution is 0.219. The van der Waals surface area contributed by atoms with Crippen molar-refractivity contribution < 1.29 is 22.4 Å². The van der Waals surface area contributed by atoms with E-state index in [1.165, 1.54) is 0 Å². The van der Waals surface area contributed by atoms with Crippen molar-refractivity contribution in [2.75, 3.05) is 13.2 Å². The minimum Gasteiger partial charge on any atom is -0.309 e. The largest absolute Gasteiger partial charge is 0.335 e. The Bertz CT molecular complexity index is 435. The molecule has 0 radical (unpaired) electrons. The van der Waals surface area contributed by atoms with E-state index in [0.29, 0.717) is 0 Å². The summed E-state index contributed by atoms with van der Waals surface area (Å²) in [7, 11) is -3.40. The highest BCUT2D eigenvalue weighted by Crippen LogP contribution is 2.52. The first-order chi connectivity index (χ1) is 8.41. The summed E-state index contributed by atoms with van der Waals surface area (Å²) in [5, 5.41) is 0. The number of benzene rings is 1. The Morgan fingerprint density at radius 3 is 2.22 bits per heavy atom. The summed E-state index contributed by atoms with van der Waals surface area (Å²) in [6.07, 6.45) is -0.235. The predicted octanol–water partition coefficient (Wildman–Crippen LogP) is 4.49. The second-order valence-electron chi connectivity index (χ2n) is 3.45. The molecule has 0 saturated heterocycles. The van der Waals surface area contributed by atoms with E-state index in [0.717, 1.165) is 12.1 Å². The molecule has 0 N–H and O–H groups in total. The fourth-order valence-electron chi connectivity index (χ4n) is 1.44. The highest BCUT2D eigenvalue weighted by atomic mass is 79.9. The number of halogens is 3. The zero-order chi connectivity index (χ0) is 13.8. The third kappa shape index (κ3) is 4.12. The van der Waals surface area contributed by atoms with Crippen LogP contribution in [-0.2, 0) is 19.8 Å². The molecule has 0 bridgehead atoms. The average Bonchev–Trinajstić information content (AvgIpc) is 2.24. The van der Waals surface area contributed by atoms with Gasteiger partial charge in [0.25, 0.3) is 0 Å². The summed E-state index contributed by atoms with van der Waals surface area (Å²) in [5.74, 6) is -1.48. The van der Waals surface area contributed by atoms with E-state index in [1.807, 2.05) is 0 Å². The van der Waals surface area contributed by atoms with Crippen LogP contribution >= 0.6 is 23.5 Å². The summed E-state index contributed by atoms with van der Waals surface area (Å²) in [6.45, 7) is 3.72. The Hall–Kier alpha value is -0.290. The van der Waals surface area contributed by atoms with Crippen LogP contribution in [0.2, 0.25) is 0 Å². The lowest BCUT2D eigenvalue weighted by Crippen LogP contribution is -2.02. The molecule has 0 amide bonds. The fourth-order valence-corrected chi connectivity index (χ4v) is 3.96. The Morgan fingerprint density at radius 2 is 1.78 bits per heavy atom. The van der Waals surface area contributed by atoms with Crippen LogP contribution in [0.5, 0.6) is 0 Å². The predicted molar refractivity (Wildman–Crippen MR) is 68.6 cm³/mol. The summed E-state index contributed by atoms with van der Waals surface area (Å²) in [4.78, 5) is 0. The van der Waals surface area contributed by atoms with Gasteiger partial charge in [-0.3, -0.25) is 4.57 Å². The molecule has 0 fully saturated rings. The number of hydrogen-bond donors (Lipinski definition) is 0. The van der Waals surface area contributed by atoms with Crippen molar-refractivity contribution in [1.29, 1.82) is 0 Å². The van der Waals surface area contributed by atoms with Crippen LogP contribution in [-0.4, -0.2) is 13.2 Å². The van der Waals surface area contributed by atoms with Gasteiger partial charge in [-0.2, -0.15) is 0 Å². The summed E-state index contributed by atoms with van der Waals surface area (Å²) < 4.78 is 49.1. The molecule has 1 aromatic carbocycles. The highest BCUT2D eigenvalue weighted by molar-refractivity contribution is 9.10. The minimum absolute atomic E-state index is 0.0848. The van der Waals surface area contributed by atoms with Gasteiger partial charge in [0.1, 0.15) is 11.6 Å². The zero-order valence-electron chi connectivity index (χ0n) is 10.1. The van der Waals surface area contributed by atoms with E-state index in [4.69, 9.17) is 9.05 Å². The van der Waals surface area contributed by atoms with E-state index in [1.54, 1.807) is 13.8 Å². The molecule has 0 aromatic heterocycles. The Balaban J connectivity index is 3.04. The maximum Gasteiger partial charge on any atom is 0.335 e. The SMILES string of the molecule is CCOP(=O)(Cc1c(F)cc(F)cc1Br)OCC. The van der Waals surface area contributed by atoms with Crippen molar-refractivity contribution >= 4 is 23.5 Å². The minimum atomic E-state index is -3.40. The Labute approximate surface area is 113 Å².